The van der Waals surface area contributed by atoms with Crippen LogP contribution >= 0.6 is 0 Å². The number of carbonyl (C=O) groups excluding carboxylic acids is 3. The van der Waals surface area contributed by atoms with Gasteiger partial charge in [-0.2, -0.15) is 0 Å². The highest BCUT2D eigenvalue weighted by Crippen LogP contribution is 2.31. The van der Waals surface area contributed by atoms with Crippen molar-refractivity contribution >= 4 is 23.5 Å². The van der Waals surface area contributed by atoms with Crippen LogP contribution in [0.4, 0.5) is 5.69 Å². The number of fused-ring (bicyclic) bond motifs is 1. The van der Waals surface area contributed by atoms with Crippen LogP contribution in [-0.4, -0.2) is 43.6 Å². The second-order valence-electron chi connectivity index (χ2n) is 7.44. The monoisotopic (exact) mass is 424 g/mol. The number of hydrogen-bond acceptors (Lipinski definition) is 5. The number of esters is 1. The van der Waals surface area contributed by atoms with Gasteiger partial charge >= 0.3 is 5.97 Å². The van der Waals surface area contributed by atoms with Gasteiger partial charge in [0.15, 0.2) is 12.7 Å². The van der Waals surface area contributed by atoms with Gasteiger partial charge in [0, 0.05) is 19.0 Å². The Bertz CT molecular complexity index is 915. The van der Waals surface area contributed by atoms with Gasteiger partial charge in [-0.3, -0.25) is 14.4 Å². The lowest BCUT2D eigenvalue weighted by atomic mass is 9.96. The molecule has 164 valence electrons. The minimum absolute atomic E-state index is 0.0146. The molecule has 0 saturated carbocycles. The highest BCUT2D eigenvalue weighted by Gasteiger charge is 2.26. The maximum Gasteiger partial charge on any atom is 0.308 e. The average Bonchev–Trinajstić information content (AvgIpc) is 2.79. The lowest BCUT2D eigenvalue weighted by molar-refractivity contribution is -0.154. The molecule has 1 aliphatic rings. The first-order chi connectivity index (χ1) is 15.0. The number of para-hydroxylation sites is 2. The molecular formula is C24H28N2O5. The standard InChI is InChI=1S/C24H28N2O5/c1-3-18(19-9-5-4-6-10-19)15-25-24(29)17(2)31-23(28)13-14-26-20-11-7-8-12-21(20)30-16-22(26)27/h4-12,17-18H,3,13-16H2,1-2H3,(H,25,29)/t17-,18-/m1/s1. The topological polar surface area (TPSA) is 84.9 Å². The maximum absolute atomic E-state index is 12.4. The quantitative estimate of drug-likeness (QED) is 0.626. The first-order valence-electron chi connectivity index (χ1n) is 10.5. The predicted octanol–water partition coefficient (Wildman–Crippen LogP) is 3.04. The molecule has 0 aliphatic carbocycles. The van der Waals surface area contributed by atoms with Crippen LogP contribution in [0, 0.1) is 0 Å². The van der Waals surface area contributed by atoms with Crippen molar-refractivity contribution in [3.8, 4) is 5.75 Å². The second-order valence-corrected chi connectivity index (χ2v) is 7.44. The first-order valence-corrected chi connectivity index (χ1v) is 10.5. The number of carbonyl (C=O) groups is 3. The van der Waals surface area contributed by atoms with E-state index in [9.17, 15) is 14.4 Å². The van der Waals surface area contributed by atoms with Gasteiger partial charge in [-0.05, 0) is 31.0 Å². The molecular weight excluding hydrogens is 396 g/mol. The molecule has 0 radical (unpaired) electrons. The third-order valence-electron chi connectivity index (χ3n) is 5.31. The summed E-state index contributed by atoms with van der Waals surface area (Å²) in [4.78, 5) is 38.3. The van der Waals surface area contributed by atoms with Gasteiger partial charge in [-0.1, -0.05) is 49.4 Å². The minimum Gasteiger partial charge on any atom is -0.482 e. The van der Waals surface area contributed by atoms with E-state index in [0.717, 1.165) is 12.0 Å². The highest BCUT2D eigenvalue weighted by molar-refractivity contribution is 5.98. The van der Waals surface area contributed by atoms with Crippen LogP contribution in [0.1, 0.15) is 38.2 Å². The molecule has 0 bridgehead atoms. The molecule has 31 heavy (non-hydrogen) atoms. The Hall–Kier alpha value is -3.35. The fraction of sp³-hybridized carbons (Fsp3) is 0.375. The van der Waals surface area contributed by atoms with Gasteiger partial charge in [0.1, 0.15) is 5.75 Å². The van der Waals surface area contributed by atoms with E-state index in [-0.39, 0.29) is 37.3 Å². The number of rotatable bonds is 9. The summed E-state index contributed by atoms with van der Waals surface area (Å²) in [5.41, 5.74) is 1.79. The van der Waals surface area contributed by atoms with Gasteiger partial charge in [-0.15, -0.1) is 0 Å². The van der Waals surface area contributed by atoms with Crippen molar-refractivity contribution in [1.29, 1.82) is 0 Å². The van der Waals surface area contributed by atoms with E-state index in [0.29, 0.717) is 18.0 Å². The zero-order valence-corrected chi connectivity index (χ0v) is 17.9. The van der Waals surface area contributed by atoms with Crippen LogP contribution in [0.2, 0.25) is 0 Å². The fourth-order valence-electron chi connectivity index (χ4n) is 3.50. The zero-order valence-electron chi connectivity index (χ0n) is 17.9. The van der Waals surface area contributed by atoms with Crippen LogP contribution in [-0.2, 0) is 19.1 Å². The van der Waals surface area contributed by atoms with Gasteiger partial charge in [-0.25, -0.2) is 0 Å². The molecule has 1 heterocycles. The Morgan fingerprint density at radius 3 is 2.58 bits per heavy atom. The SMILES string of the molecule is CC[C@H](CNC(=O)[C@@H](C)OC(=O)CCN1C(=O)COc2ccccc21)c1ccccc1. The van der Waals surface area contributed by atoms with Crippen LogP contribution < -0.4 is 15.0 Å². The summed E-state index contributed by atoms with van der Waals surface area (Å²) in [7, 11) is 0. The van der Waals surface area contributed by atoms with E-state index >= 15 is 0 Å². The highest BCUT2D eigenvalue weighted by atomic mass is 16.5. The number of nitrogens with one attached hydrogen (secondary N) is 1. The molecule has 0 fully saturated rings. The molecule has 3 rings (SSSR count). The predicted molar refractivity (Wildman–Crippen MR) is 117 cm³/mol. The Morgan fingerprint density at radius 1 is 1.13 bits per heavy atom. The van der Waals surface area contributed by atoms with Crippen molar-refractivity contribution in [2.45, 2.75) is 38.7 Å². The van der Waals surface area contributed by atoms with E-state index in [2.05, 4.69) is 12.2 Å². The largest absolute Gasteiger partial charge is 0.482 e. The van der Waals surface area contributed by atoms with Crippen molar-refractivity contribution in [1.82, 2.24) is 5.32 Å². The third kappa shape index (κ3) is 5.84. The van der Waals surface area contributed by atoms with E-state index in [1.165, 1.54) is 4.90 Å². The van der Waals surface area contributed by atoms with Crippen molar-refractivity contribution in [2.75, 3.05) is 24.6 Å². The smallest absolute Gasteiger partial charge is 0.308 e. The molecule has 7 heteroatoms. The van der Waals surface area contributed by atoms with Crippen molar-refractivity contribution in [3.05, 3.63) is 60.2 Å². The normalized spacial score (nSPS) is 14.8. The van der Waals surface area contributed by atoms with Gasteiger partial charge in [0.05, 0.1) is 12.1 Å². The molecule has 1 aliphatic heterocycles. The Morgan fingerprint density at radius 2 is 1.84 bits per heavy atom. The summed E-state index contributed by atoms with van der Waals surface area (Å²) in [5.74, 6) is -0.290. The lowest BCUT2D eigenvalue weighted by Crippen LogP contribution is -2.41. The number of anilines is 1. The van der Waals surface area contributed by atoms with Gasteiger partial charge in [0.25, 0.3) is 11.8 Å². The number of amides is 2. The Balaban J connectivity index is 1.47. The van der Waals surface area contributed by atoms with Crippen molar-refractivity contribution in [2.24, 2.45) is 0 Å². The van der Waals surface area contributed by atoms with E-state index < -0.39 is 12.1 Å². The summed E-state index contributed by atoms with van der Waals surface area (Å²) < 4.78 is 10.7. The maximum atomic E-state index is 12.4. The van der Waals surface area contributed by atoms with Crippen LogP contribution in [0.25, 0.3) is 0 Å². The van der Waals surface area contributed by atoms with E-state index in [1.807, 2.05) is 36.4 Å². The molecule has 0 spiro atoms. The molecule has 0 unspecified atom stereocenters. The van der Waals surface area contributed by atoms with Crippen LogP contribution in [0.3, 0.4) is 0 Å². The summed E-state index contributed by atoms with van der Waals surface area (Å²) in [6, 6.07) is 17.1. The fourth-order valence-corrected chi connectivity index (χ4v) is 3.50. The molecule has 2 amide bonds. The van der Waals surface area contributed by atoms with Gasteiger partial charge in [0.2, 0.25) is 0 Å². The molecule has 2 aromatic carbocycles. The molecule has 7 nitrogen and oxygen atoms in total. The summed E-state index contributed by atoms with van der Waals surface area (Å²) in [6.07, 6.45) is -0.0410. The third-order valence-corrected chi connectivity index (χ3v) is 5.31. The number of nitrogens with zero attached hydrogens (tertiary/aromatic N) is 1. The van der Waals surface area contributed by atoms with Crippen molar-refractivity contribution in [3.63, 3.8) is 0 Å². The summed E-state index contributed by atoms with van der Waals surface area (Å²) in [5, 5.41) is 2.87. The molecule has 0 aromatic heterocycles. The Kier molecular flexibility index (Phi) is 7.65. The minimum atomic E-state index is -0.909. The molecule has 0 saturated heterocycles. The first kappa shape index (κ1) is 22.3. The Labute approximate surface area is 182 Å². The van der Waals surface area contributed by atoms with Crippen molar-refractivity contribution < 1.29 is 23.9 Å². The van der Waals surface area contributed by atoms with E-state index in [1.54, 1.807) is 25.1 Å². The summed E-state index contributed by atoms with van der Waals surface area (Å²) in [6.45, 7) is 4.19. The lowest BCUT2D eigenvalue weighted by Gasteiger charge is -2.29. The second kappa shape index (κ2) is 10.6. The number of ether oxygens (including phenoxy) is 2. The molecule has 2 atom stereocenters. The number of hydrogen-bond donors (Lipinski definition) is 1. The number of benzene rings is 2. The van der Waals surface area contributed by atoms with Gasteiger partial charge < -0.3 is 19.7 Å². The molecule has 1 N–H and O–H groups in total. The zero-order chi connectivity index (χ0) is 22.2. The summed E-state index contributed by atoms with van der Waals surface area (Å²) >= 11 is 0. The van der Waals surface area contributed by atoms with Crippen LogP contribution in [0.15, 0.2) is 54.6 Å². The molecule has 2 aromatic rings. The average molecular weight is 424 g/mol. The van der Waals surface area contributed by atoms with E-state index in [4.69, 9.17) is 9.47 Å². The van der Waals surface area contributed by atoms with Crippen LogP contribution in [0.5, 0.6) is 5.75 Å².